The van der Waals surface area contributed by atoms with Gasteiger partial charge in [-0.05, 0) is 31.0 Å². The second kappa shape index (κ2) is 7.13. The first-order valence-electron chi connectivity index (χ1n) is 6.70. The quantitative estimate of drug-likeness (QED) is 0.286. The van der Waals surface area contributed by atoms with Gasteiger partial charge in [0.25, 0.3) is 0 Å². The van der Waals surface area contributed by atoms with Gasteiger partial charge >= 0.3 is 0 Å². The lowest BCUT2D eigenvalue weighted by Crippen LogP contribution is -2.32. The number of rotatable bonds is 2. The molecule has 0 heterocycles. The first-order valence-corrected chi connectivity index (χ1v) is 7.46. The van der Waals surface area contributed by atoms with Gasteiger partial charge in [-0.1, -0.05) is 48.9 Å². The Hall–Kier alpha value is -0.770. The standard InChI is InChI=1S/C14H19Cl2N3/c15-12-8-7-10(9-13(12)16)14(19-17)18-11-5-3-1-2-4-6-11/h7-9,11H,1-6,17H2,(H,18,19). The van der Waals surface area contributed by atoms with E-state index in [4.69, 9.17) is 34.0 Å². The topological polar surface area (TPSA) is 50.4 Å². The van der Waals surface area contributed by atoms with Crippen molar-refractivity contribution < 1.29 is 0 Å². The maximum absolute atomic E-state index is 6.03. The summed E-state index contributed by atoms with van der Waals surface area (Å²) in [4.78, 5) is 4.73. The van der Waals surface area contributed by atoms with E-state index in [1.807, 2.05) is 6.07 Å². The van der Waals surface area contributed by atoms with E-state index in [0.717, 1.165) is 18.4 Å². The molecule has 1 saturated carbocycles. The van der Waals surface area contributed by atoms with Crippen molar-refractivity contribution in [1.29, 1.82) is 0 Å². The molecule has 0 saturated heterocycles. The molecular weight excluding hydrogens is 281 g/mol. The molecule has 19 heavy (non-hydrogen) atoms. The fraction of sp³-hybridized carbons (Fsp3) is 0.500. The van der Waals surface area contributed by atoms with Gasteiger partial charge in [0, 0.05) is 5.56 Å². The van der Waals surface area contributed by atoms with Crippen LogP contribution in [0.5, 0.6) is 0 Å². The van der Waals surface area contributed by atoms with Gasteiger partial charge in [-0.25, -0.2) is 5.84 Å². The van der Waals surface area contributed by atoms with E-state index in [9.17, 15) is 0 Å². The van der Waals surface area contributed by atoms with E-state index >= 15 is 0 Å². The SMILES string of the molecule is NNC(=NC1CCCCCC1)c1ccc(Cl)c(Cl)c1. The third-order valence-corrected chi connectivity index (χ3v) is 4.21. The number of nitrogens with two attached hydrogens (primary N) is 1. The highest BCUT2D eigenvalue weighted by Gasteiger charge is 2.13. The molecule has 0 atom stereocenters. The van der Waals surface area contributed by atoms with Crippen molar-refractivity contribution in [2.24, 2.45) is 10.8 Å². The highest BCUT2D eigenvalue weighted by molar-refractivity contribution is 6.42. The third-order valence-electron chi connectivity index (χ3n) is 3.47. The minimum absolute atomic E-state index is 0.350. The number of hydrazine groups is 1. The highest BCUT2D eigenvalue weighted by atomic mass is 35.5. The van der Waals surface area contributed by atoms with Gasteiger partial charge in [0.15, 0.2) is 0 Å². The first kappa shape index (κ1) is 14.6. The number of hydrogen-bond acceptors (Lipinski definition) is 2. The molecule has 0 radical (unpaired) electrons. The number of amidine groups is 1. The zero-order valence-electron chi connectivity index (χ0n) is 10.8. The van der Waals surface area contributed by atoms with Crippen LogP contribution in [0.25, 0.3) is 0 Å². The molecular formula is C14H19Cl2N3. The Bertz CT molecular complexity index is 452. The molecule has 104 valence electrons. The van der Waals surface area contributed by atoms with Gasteiger partial charge in [-0.2, -0.15) is 0 Å². The van der Waals surface area contributed by atoms with Crippen LogP contribution >= 0.6 is 23.2 Å². The van der Waals surface area contributed by atoms with E-state index in [1.165, 1.54) is 25.7 Å². The zero-order valence-corrected chi connectivity index (χ0v) is 12.3. The fourth-order valence-electron chi connectivity index (χ4n) is 2.41. The lowest BCUT2D eigenvalue weighted by Gasteiger charge is -2.13. The lowest BCUT2D eigenvalue weighted by atomic mass is 10.1. The van der Waals surface area contributed by atoms with Crippen molar-refractivity contribution in [2.45, 2.75) is 44.6 Å². The number of benzene rings is 1. The van der Waals surface area contributed by atoms with Crippen molar-refractivity contribution in [2.75, 3.05) is 0 Å². The molecule has 3 nitrogen and oxygen atoms in total. The summed E-state index contributed by atoms with van der Waals surface area (Å²) in [5.41, 5.74) is 3.56. The van der Waals surface area contributed by atoms with Gasteiger partial charge in [0.2, 0.25) is 0 Å². The molecule has 0 bridgehead atoms. The number of halogens is 2. The van der Waals surface area contributed by atoms with Gasteiger partial charge < -0.3 is 5.43 Å². The molecule has 0 spiro atoms. The van der Waals surface area contributed by atoms with Gasteiger partial charge in [0.1, 0.15) is 5.84 Å². The maximum atomic E-state index is 6.03. The summed E-state index contributed by atoms with van der Waals surface area (Å²) in [7, 11) is 0. The van der Waals surface area contributed by atoms with Crippen LogP contribution in [-0.4, -0.2) is 11.9 Å². The van der Waals surface area contributed by atoms with Gasteiger partial charge in [-0.15, -0.1) is 0 Å². The molecule has 0 amide bonds. The van der Waals surface area contributed by atoms with E-state index in [-0.39, 0.29) is 0 Å². The molecule has 1 aliphatic rings. The first-order chi connectivity index (χ1) is 9.20. The Balaban J connectivity index is 2.19. The van der Waals surface area contributed by atoms with Crippen molar-refractivity contribution in [1.82, 2.24) is 5.43 Å². The zero-order chi connectivity index (χ0) is 13.7. The molecule has 0 unspecified atom stereocenters. The molecule has 1 aromatic rings. The molecule has 3 N–H and O–H groups in total. The number of hydrogen-bond donors (Lipinski definition) is 2. The molecule has 0 aromatic heterocycles. The Kier molecular flexibility index (Phi) is 5.49. The minimum Gasteiger partial charge on any atom is -0.308 e. The Morgan fingerprint density at radius 1 is 1.11 bits per heavy atom. The van der Waals surface area contributed by atoms with Crippen molar-refractivity contribution in [3.05, 3.63) is 33.8 Å². The van der Waals surface area contributed by atoms with Crippen LogP contribution in [0.3, 0.4) is 0 Å². The summed E-state index contributed by atoms with van der Waals surface area (Å²) < 4.78 is 0. The molecule has 1 fully saturated rings. The molecule has 1 aromatic carbocycles. The largest absolute Gasteiger partial charge is 0.308 e. The average Bonchev–Trinajstić information content (AvgIpc) is 2.68. The van der Waals surface area contributed by atoms with E-state index < -0.39 is 0 Å². The Morgan fingerprint density at radius 2 is 1.79 bits per heavy atom. The lowest BCUT2D eigenvalue weighted by molar-refractivity contribution is 0.583. The van der Waals surface area contributed by atoms with Crippen LogP contribution in [0.4, 0.5) is 0 Å². The average molecular weight is 300 g/mol. The normalized spacial score (nSPS) is 18.2. The predicted molar refractivity (Wildman–Crippen MR) is 81.8 cm³/mol. The van der Waals surface area contributed by atoms with Crippen molar-refractivity contribution in [3.63, 3.8) is 0 Å². The summed E-state index contributed by atoms with van der Waals surface area (Å²) in [6, 6.07) is 5.78. The van der Waals surface area contributed by atoms with Crippen LogP contribution in [0.1, 0.15) is 44.1 Å². The summed E-state index contributed by atoms with van der Waals surface area (Å²) in [5, 5.41) is 1.05. The number of aliphatic imine (C=N–C) groups is 1. The fourth-order valence-corrected chi connectivity index (χ4v) is 2.71. The van der Waals surface area contributed by atoms with Gasteiger partial charge in [0.05, 0.1) is 16.1 Å². The minimum atomic E-state index is 0.350. The third kappa shape index (κ3) is 4.10. The monoisotopic (exact) mass is 299 g/mol. The van der Waals surface area contributed by atoms with Crippen molar-refractivity contribution >= 4 is 29.0 Å². The predicted octanol–water partition coefficient (Wildman–Crippen LogP) is 3.93. The highest BCUT2D eigenvalue weighted by Crippen LogP contribution is 2.24. The molecule has 2 rings (SSSR count). The summed E-state index contributed by atoms with van der Waals surface area (Å²) >= 11 is 11.9. The smallest absolute Gasteiger partial charge is 0.142 e. The summed E-state index contributed by atoms with van der Waals surface area (Å²) in [6.07, 6.45) is 7.37. The van der Waals surface area contributed by atoms with Crippen LogP contribution < -0.4 is 11.3 Å². The second-order valence-electron chi connectivity index (χ2n) is 4.90. The second-order valence-corrected chi connectivity index (χ2v) is 5.71. The van der Waals surface area contributed by atoms with Crippen LogP contribution in [-0.2, 0) is 0 Å². The van der Waals surface area contributed by atoms with E-state index in [0.29, 0.717) is 21.9 Å². The molecule has 1 aliphatic carbocycles. The number of nitrogens with one attached hydrogen (secondary N) is 1. The Morgan fingerprint density at radius 3 is 2.37 bits per heavy atom. The van der Waals surface area contributed by atoms with Crippen LogP contribution in [0.2, 0.25) is 10.0 Å². The van der Waals surface area contributed by atoms with Gasteiger partial charge in [-0.3, -0.25) is 4.99 Å². The number of nitrogens with zero attached hydrogens (tertiary/aromatic N) is 1. The van der Waals surface area contributed by atoms with Crippen LogP contribution in [0, 0.1) is 0 Å². The molecule has 0 aliphatic heterocycles. The molecule has 5 heteroatoms. The van der Waals surface area contributed by atoms with E-state index in [1.54, 1.807) is 12.1 Å². The van der Waals surface area contributed by atoms with E-state index in [2.05, 4.69) is 5.43 Å². The van der Waals surface area contributed by atoms with Crippen molar-refractivity contribution in [3.8, 4) is 0 Å². The summed E-state index contributed by atoms with van der Waals surface area (Å²) in [6.45, 7) is 0. The summed E-state index contributed by atoms with van der Waals surface area (Å²) in [5.74, 6) is 6.28. The maximum Gasteiger partial charge on any atom is 0.142 e. The Labute approximate surface area is 124 Å². The van der Waals surface area contributed by atoms with Crippen LogP contribution in [0.15, 0.2) is 23.2 Å².